The molecular formula is C26H25N2OS+. The summed E-state index contributed by atoms with van der Waals surface area (Å²) in [5.41, 5.74) is 5.40. The predicted octanol–water partition coefficient (Wildman–Crippen LogP) is 5.02. The molecule has 150 valence electrons. The van der Waals surface area contributed by atoms with Gasteiger partial charge in [-0.2, -0.15) is 0 Å². The van der Waals surface area contributed by atoms with Gasteiger partial charge in [0.1, 0.15) is 6.04 Å². The molecule has 1 atom stereocenters. The summed E-state index contributed by atoms with van der Waals surface area (Å²) >= 11 is 1.72. The molecule has 0 spiro atoms. The maximum absolute atomic E-state index is 12.8. The zero-order valence-corrected chi connectivity index (χ0v) is 17.7. The van der Waals surface area contributed by atoms with E-state index in [-0.39, 0.29) is 11.9 Å². The van der Waals surface area contributed by atoms with Crippen molar-refractivity contribution in [2.75, 3.05) is 11.9 Å². The van der Waals surface area contributed by atoms with Crippen molar-refractivity contribution in [3.63, 3.8) is 0 Å². The Morgan fingerprint density at radius 2 is 1.63 bits per heavy atom. The summed E-state index contributed by atoms with van der Waals surface area (Å²) in [6.45, 7) is 2.44. The van der Waals surface area contributed by atoms with Crippen molar-refractivity contribution in [2.24, 2.45) is 0 Å². The molecule has 0 saturated heterocycles. The second-order valence-electron chi connectivity index (χ2n) is 7.30. The van der Waals surface area contributed by atoms with Gasteiger partial charge in [0.15, 0.2) is 6.54 Å². The fourth-order valence-corrected chi connectivity index (χ4v) is 4.40. The van der Waals surface area contributed by atoms with Crippen LogP contribution in [0.3, 0.4) is 0 Å². The lowest BCUT2D eigenvalue weighted by atomic mass is 10.0. The Hall–Kier alpha value is -3.21. The second-order valence-corrected chi connectivity index (χ2v) is 8.28. The molecule has 0 saturated carbocycles. The van der Waals surface area contributed by atoms with Gasteiger partial charge in [-0.1, -0.05) is 84.4 Å². The molecule has 0 aliphatic carbocycles. The van der Waals surface area contributed by atoms with E-state index in [1.54, 1.807) is 11.3 Å². The number of quaternary nitrogens is 1. The van der Waals surface area contributed by atoms with Crippen LogP contribution < -0.4 is 10.6 Å². The topological polar surface area (TPSA) is 45.7 Å². The molecule has 4 heteroatoms. The number of rotatable bonds is 7. The van der Waals surface area contributed by atoms with Crippen LogP contribution in [0.25, 0.3) is 11.1 Å². The number of para-hydroxylation sites is 1. The Kier molecular flexibility index (Phi) is 6.38. The van der Waals surface area contributed by atoms with E-state index >= 15 is 0 Å². The first-order valence-electron chi connectivity index (χ1n) is 10.1. The molecule has 0 aliphatic heterocycles. The number of anilines is 1. The van der Waals surface area contributed by atoms with E-state index in [9.17, 15) is 4.79 Å². The number of nitrogens with one attached hydrogen (secondary N) is 1. The minimum Gasteiger partial charge on any atom is -0.328 e. The van der Waals surface area contributed by atoms with Crippen LogP contribution in [0.1, 0.15) is 22.0 Å². The summed E-state index contributed by atoms with van der Waals surface area (Å²) in [6.07, 6.45) is 0. The normalized spacial score (nSPS) is 11.8. The number of benzene rings is 3. The van der Waals surface area contributed by atoms with Crippen molar-refractivity contribution in [1.82, 2.24) is 0 Å². The zero-order valence-electron chi connectivity index (χ0n) is 16.9. The maximum Gasteiger partial charge on any atom is 0.279 e. The van der Waals surface area contributed by atoms with Gasteiger partial charge in [0.05, 0.1) is 4.88 Å². The van der Waals surface area contributed by atoms with Crippen LogP contribution in [-0.4, -0.2) is 12.5 Å². The SMILES string of the molecule is Cc1ccc([C@@H]([NH2+]CC(=O)Nc2ccccc2-c2ccccc2)c2cccs2)cc1. The van der Waals surface area contributed by atoms with Gasteiger partial charge in [-0.05, 0) is 30.0 Å². The average Bonchev–Trinajstić information content (AvgIpc) is 3.31. The molecule has 1 amide bonds. The van der Waals surface area contributed by atoms with Crippen molar-refractivity contribution in [1.29, 1.82) is 0 Å². The molecule has 3 nitrogen and oxygen atoms in total. The van der Waals surface area contributed by atoms with E-state index in [2.05, 4.69) is 71.5 Å². The third-order valence-corrected chi connectivity index (χ3v) is 6.07. The Labute approximate surface area is 181 Å². The predicted molar refractivity (Wildman–Crippen MR) is 125 cm³/mol. The Morgan fingerprint density at radius 3 is 2.37 bits per heavy atom. The van der Waals surface area contributed by atoms with Crippen LogP contribution in [0.15, 0.2) is 96.4 Å². The molecule has 4 aromatic rings. The summed E-state index contributed by atoms with van der Waals surface area (Å²) in [6, 6.07) is 30.9. The highest BCUT2D eigenvalue weighted by atomic mass is 32.1. The monoisotopic (exact) mass is 413 g/mol. The molecule has 3 N–H and O–H groups in total. The lowest BCUT2D eigenvalue weighted by Crippen LogP contribution is -2.87. The lowest BCUT2D eigenvalue weighted by molar-refractivity contribution is -0.675. The molecule has 0 radical (unpaired) electrons. The van der Waals surface area contributed by atoms with Crippen LogP contribution in [0.4, 0.5) is 5.69 Å². The summed E-state index contributed by atoms with van der Waals surface area (Å²) < 4.78 is 0. The molecule has 4 rings (SSSR count). The first-order chi connectivity index (χ1) is 14.7. The van der Waals surface area contributed by atoms with E-state index in [4.69, 9.17) is 0 Å². The van der Waals surface area contributed by atoms with Gasteiger partial charge < -0.3 is 10.6 Å². The summed E-state index contributed by atoms with van der Waals surface area (Å²) in [4.78, 5) is 14.1. The first kappa shape index (κ1) is 20.1. The summed E-state index contributed by atoms with van der Waals surface area (Å²) in [7, 11) is 0. The molecule has 0 unspecified atom stereocenters. The molecule has 0 fully saturated rings. The van der Waals surface area contributed by atoms with Gasteiger partial charge in [0.25, 0.3) is 5.91 Å². The van der Waals surface area contributed by atoms with Crippen molar-refractivity contribution in [3.05, 3.63) is 112 Å². The van der Waals surface area contributed by atoms with Crippen LogP contribution in [-0.2, 0) is 4.79 Å². The number of amides is 1. The molecule has 1 aromatic heterocycles. The standard InChI is InChI=1S/C26H24N2OS/c1-19-13-15-21(16-14-19)26(24-12-7-17-30-24)27-18-25(29)28-23-11-6-5-10-22(23)20-8-3-2-4-9-20/h2-17,26-27H,18H2,1H3,(H,28,29)/p+1/t26-/m1/s1. The molecule has 1 heterocycles. The van der Waals surface area contributed by atoms with Crippen molar-refractivity contribution in [3.8, 4) is 11.1 Å². The van der Waals surface area contributed by atoms with Gasteiger partial charge in [-0.15, -0.1) is 11.3 Å². The fraction of sp³-hybridized carbons (Fsp3) is 0.115. The quantitative estimate of drug-likeness (QED) is 0.439. The molecular weight excluding hydrogens is 388 g/mol. The van der Waals surface area contributed by atoms with Crippen molar-refractivity contribution < 1.29 is 10.1 Å². The van der Waals surface area contributed by atoms with Crippen LogP contribution in [0.2, 0.25) is 0 Å². The van der Waals surface area contributed by atoms with E-state index in [1.807, 2.05) is 42.5 Å². The number of carbonyl (C=O) groups excluding carboxylic acids is 1. The summed E-state index contributed by atoms with van der Waals surface area (Å²) in [5, 5.41) is 7.30. The number of nitrogens with two attached hydrogens (primary N) is 1. The first-order valence-corrected chi connectivity index (χ1v) is 11.0. The van der Waals surface area contributed by atoms with Crippen molar-refractivity contribution in [2.45, 2.75) is 13.0 Å². The number of thiophene rings is 1. The molecule has 3 aromatic carbocycles. The van der Waals surface area contributed by atoms with Gasteiger partial charge in [0.2, 0.25) is 0 Å². The Morgan fingerprint density at radius 1 is 0.900 bits per heavy atom. The Balaban J connectivity index is 1.48. The molecule has 0 aliphatic rings. The van der Waals surface area contributed by atoms with Crippen LogP contribution in [0, 0.1) is 6.92 Å². The molecule has 30 heavy (non-hydrogen) atoms. The van der Waals surface area contributed by atoms with Gasteiger partial charge in [-0.25, -0.2) is 0 Å². The van der Waals surface area contributed by atoms with E-state index in [0.717, 1.165) is 16.8 Å². The van der Waals surface area contributed by atoms with Gasteiger partial charge in [-0.3, -0.25) is 4.79 Å². The zero-order chi connectivity index (χ0) is 20.8. The van der Waals surface area contributed by atoms with E-state index in [1.165, 1.54) is 16.0 Å². The van der Waals surface area contributed by atoms with Crippen molar-refractivity contribution >= 4 is 22.9 Å². The third kappa shape index (κ3) is 4.85. The Bertz CT molecular complexity index is 1090. The maximum atomic E-state index is 12.8. The minimum atomic E-state index is -0.00736. The van der Waals surface area contributed by atoms with E-state index < -0.39 is 0 Å². The average molecular weight is 414 g/mol. The van der Waals surface area contributed by atoms with Gasteiger partial charge >= 0.3 is 0 Å². The second kappa shape index (κ2) is 9.53. The highest BCUT2D eigenvalue weighted by molar-refractivity contribution is 7.10. The van der Waals surface area contributed by atoms with Crippen LogP contribution in [0.5, 0.6) is 0 Å². The van der Waals surface area contributed by atoms with Gasteiger partial charge in [0, 0.05) is 16.8 Å². The minimum absolute atomic E-state index is 0.00736. The smallest absolute Gasteiger partial charge is 0.279 e. The van der Waals surface area contributed by atoms with Crippen LogP contribution >= 0.6 is 11.3 Å². The number of aryl methyl sites for hydroxylation is 1. The summed E-state index contributed by atoms with van der Waals surface area (Å²) in [5.74, 6) is -0.00736. The number of hydrogen-bond donors (Lipinski definition) is 2. The largest absolute Gasteiger partial charge is 0.328 e. The third-order valence-electron chi connectivity index (χ3n) is 5.11. The highest BCUT2D eigenvalue weighted by Gasteiger charge is 2.20. The molecule has 0 bridgehead atoms. The van der Waals surface area contributed by atoms with E-state index in [0.29, 0.717) is 6.54 Å². The highest BCUT2D eigenvalue weighted by Crippen LogP contribution is 2.27. The number of hydrogen-bond acceptors (Lipinski definition) is 2. The number of carbonyl (C=O) groups is 1. The lowest BCUT2D eigenvalue weighted by Gasteiger charge is -2.16. The fourth-order valence-electron chi connectivity index (χ4n) is 3.55.